The molecule has 0 fully saturated rings. The monoisotopic (exact) mass is 576 g/mol. The number of fused-ring (bicyclic) bond motifs is 1. The topological polar surface area (TPSA) is 120 Å². The molecule has 2 heterocycles. The molecule has 2 N–H and O–H groups in total. The maximum Gasteiger partial charge on any atom is 0.416 e. The number of hydrogen-bond acceptors (Lipinski definition) is 8. The number of carbonyl (C=O) groups excluding carboxylic acids is 1. The van der Waals surface area contributed by atoms with Crippen LogP contribution in [0.1, 0.15) is 11.1 Å². The molecule has 0 bridgehead atoms. The Labute approximate surface area is 224 Å². The number of ether oxygens (including phenoxy) is 2. The van der Waals surface area contributed by atoms with Crippen molar-refractivity contribution in [3.63, 3.8) is 0 Å². The first-order valence-electron chi connectivity index (χ1n) is 11.4. The number of anilines is 1. The van der Waals surface area contributed by atoms with E-state index in [-0.39, 0.29) is 18.3 Å². The molecule has 0 aliphatic carbocycles. The Morgan fingerprint density at radius 3 is 2.51 bits per heavy atom. The Bertz CT molecular complexity index is 1610. The molecule has 3 aromatic carbocycles. The quantitative estimate of drug-likeness (QED) is 0.317. The number of sulfonamides is 1. The van der Waals surface area contributed by atoms with Gasteiger partial charge in [0.2, 0.25) is 27.9 Å². The van der Waals surface area contributed by atoms with Gasteiger partial charge in [-0.05, 0) is 48.4 Å². The second-order valence-corrected chi connectivity index (χ2v) is 11.1. The number of benzene rings is 3. The molecule has 39 heavy (non-hydrogen) atoms. The van der Waals surface area contributed by atoms with E-state index in [1.165, 1.54) is 0 Å². The molecule has 202 valence electrons. The van der Waals surface area contributed by atoms with Gasteiger partial charge in [-0.25, -0.2) is 8.42 Å². The van der Waals surface area contributed by atoms with E-state index in [0.29, 0.717) is 33.7 Å². The van der Waals surface area contributed by atoms with E-state index in [2.05, 4.69) is 20.2 Å². The number of amides is 1. The fraction of sp³-hybridized carbons (Fsp3) is 0.160. The summed E-state index contributed by atoms with van der Waals surface area (Å²) in [5.74, 6) is 0.372. The summed E-state index contributed by atoms with van der Waals surface area (Å²) in [6.07, 6.45) is -4.81. The van der Waals surface area contributed by atoms with E-state index in [1.54, 1.807) is 48.5 Å². The first-order valence-corrected chi connectivity index (χ1v) is 13.7. The molecule has 0 radical (unpaired) electrons. The number of aromatic nitrogens is 2. The zero-order chi connectivity index (χ0) is 27.6. The van der Waals surface area contributed by atoms with Crippen molar-refractivity contribution in [3.8, 4) is 22.1 Å². The Morgan fingerprint density at radius 1 is 0.974 bits per heavy atom. The zero-order valence-electron chi connectivity index (χ0n) is 19.8. The molecule has 0 spiro atoms. The van der Waals surface area contributed by atoms with Gasteiger partial charge in [0.05, 0.1) is 10.5 Å². The smallest absolute Gasteiger partial charge is 0.416 e. The second kappa shape index (κ2) is 10.6. The minimum Gasteiger partial charge on any atom is -0.454 e. The van der Waals surface area contributed by atoms with Crippen molar-refractivity contribution in [3.05, 3.63) is 83.9 Å². The summed E-state index contributed by atoms with van der Waals surface area (Å²) in [5.41, 5.74) is 0.172. The first-order chi connectivity index (χ1) is 18.6. The van der Waals surface area contributed by atoms with E-state index in [9.17, 15) is 26.4 Å². The van der Waals surface area contributed by atoms with E-state index in [1.807, 2.05) is 0 Å². The van der Waals surface area contributed by atoms with Crippen molar-refractivity contribution < 1.29 is 35.9 Å². The molecule has 0 saturated heterocycles. The average Bonchev–Trinajstić information content (AvgIpc) is 3.57. The van der Waals surface area contributed by atoms with Crippen LogP contribution in [0, 0.1) is 0 Å². The number of nitrogens with zero attached hydrogens (tertiary/aromatic N) is 2. The van der Waals surface area contributed by atoms with E-state index >= 15 is 0 Å². The lowest BCUT2D eigenvalue weighted by molar-refractivity contribution is -0.137. The van der Waals surface area contributed by atoms with Crippen LogP contribution in [0.4, 0.5) is 18.3 Å². The number of carbonyl (C=O) groups is 1. The van der Waals surface area contributed by atoms with E-state index in [0.717, 1.165) is 29.5 Å². The number of nitrogens with one attached hydrogen (secondary N) is 2. The highest BCUT2D eigenvalue weighted by molar-refractivity contribution is 7.89. The van der Waals surface area contributed by atoms with Crippen molar-refractivity contribution in [2.75, 3.05) is 12.1 Å². The standard InChI is InChI=1S/C25H19F3N4O5S2/c26-25(27,28)17-7-4-8-18(13-17)39(34,35)32-19(11-15-5-2-1-3-6-15)22(33)29-24-31-30-23(38-24)16-9-10-20-21(12-16)37-14-36-20/h1-10,12-13,19,32H,11,14H2,(H,29,31,33). The lowest BCUT2D eigenvalue weighted by Gasteiger charge is -2.18. The predicted molar refractivity (Wildman–Crippen MR) is 136 cm³/mol. The number of hydrogen-bond donors (Lipinski definition) is 2. The van der Waals surface area contributed by atoms with Crippen LogP contribution in [0.2, 0.25) is 0 Å². The van der Waals surface area contributed by atoms with Crippen molar-refractivity contribution in [2.45, 2.75) is 23.5 Å². The fourth-order valence-electron chi connectivity index (χ4n) is 3.75. The lowest BCUT2D eigenvalue weighted by Crippen LogP contribution is -2.45. The van der Waals surface area contributed by atoms with Gasteiger partial charge >= 0.3 is 6.18 Å². The summed E-state index contributed by atoms with van der Waals surface area (Å²) in [7, 11) is -4.51. The van der Waals surface area contributed by atoms with Crippen LogP contribution in [-0.4, -0.2) is 37.4 Å². The summed E-state index contributed by atoms with van der Waals surface area (Å²) in [6.45, 7) is 0.107. The second-order valence-electron chi connectivity index (χ2n) is 8.36. The third kappa shape index (κ3) is 6.19. The van der Waals surface area contributed by atoms with Gasteiger partial charge in [0.15, 0.2) is 11.5 Å². The predicted octanol–water partition coefficient (Wildman–Crippen LogP) is 4.48. The molecule has 1 unspecified atom stereocenters. The summed E-state index contributed by atoms with van der Waals surface area (Å²) in [4.78, 5) is 12.6. The minimum atomic E-state index is -4.74. The maximum atomic E-state index is 13.2. The van der Waals surface area contributed by atoms with Crippen LogP contribution in [0.5, 0.6) is 11.5 Å². The molecule has 0 saturated carbocycles. The van der Waals surface area contributed by atoms with Crippen LogP contribution in [-0.2, 0) is 27.4 Å². The molecule has 1 aliphatic rings. The van der Waals surface area contributed by atoms with Gasteiger partial charge in [-0.2, -0.15) is 17.9 Å². The molecule has 5 rings (SSSR count). The van der Waals surface area contributed by atoms with Crippen molar-refractivity contribution in [1.29, 1.82) is 0 Å². The third-order valence-corrected chi connectivity index (χ3v) is 8.00. The zero-order valence-corrected chi connectivity index (χ0v) is 21.4. The van der Waals surface area contributed by atoms with Crippen LogP contribution >= 0.6 is 11.3 Å². The first kappa shape index (κ1) is 26.6. The molecule has 1 atom stereocenters. The molecule has 1 amide bonds. The summed E-state index contributed by atoms with van der Waals surface area (Å²) >= 11 is 1.05. The Balaban J connectivity index is 1.37. The van der Waals surface area contributed by atoms with Crippen LogP contribution < -0.4 is 19.5 Å². The minimum absolute atomic E-state index is 0.0707. The van der Waals surface area contributed by atoms with E-state index in [4.69, 9.17) is 9.47 Å². The number of alkyl halides is 3. The molecule has 1 aliphatic heterocycles. The maximum absolute atomic E-state index is 13.2. The molecule has 14 heteroatoms. The van der Waals surface area contributed by atoms with Crippen molar-refractivity contribution in [2.24, 2.45) is 0 Å². The van der Waals surface area contributed by atoms with Gasteiger partial charge in [-0.15, -0.1) is 10.2 Å². The summed E-state index contributed by atoms with van der Waals surface area (Å²) < 4.78 is 78.5. The molecule has 1 aromatic heterocycles. The highest BCUT2D eigenvalue weighted by Gasteiger charge is 2.33. The van der Waals surface area contributed by atoms with Crippen LogP contribution in [0.25, 0.3) is 10.6 Å². The SMILES string of the molecule is O=C(Nc1nnc(-c2ccc3c(c2)OCO3)s1)C(Cc1ccccc1)NS(=O)(=O)c1cccc(C(F)(F)F)c1. The molecule has 9 nitrogen and oxygen atoms in total. The van der Waals surface area contributed by atoms with Crippen LogP contribution in [0.3, 0.4) is 0 Å². The van der Waals surface area contributed by atoms with Gasteiger partial charge in [-0.3, -0.25) is 10.1 Å². The summed E-state index contributed by atoms with van der Waals surface area (Å²) in [5, 5.41) is 11.2. The van der Waals surface area contributed by atoms with Crippen molar-refractivity contribution in [1.82, 2.24) is 14.9 Å². The fourth-order valence-corrected chi connectivity index (χ4v) is 5.73. The molecular formula is C25H19F3N4O5S2. The number of halogens is 3. The molecule has 4 aromatic rings. The van der Waals surface area contributed by atoms with Gasteiger partial charge in [-0.1, -0.05) is 47.7 Å². The normalized spacial score (nSPS) is 13.7. The van der Waals surface area contributed by atoms with Crippen molar-refractivity contribution >= 4 is 32.4 Å². The Kier molecular flexibility index (Phi) is 7.25. The van der Waals surface area contributed by atoms with Crippen LogP contribution in [0.15, 0.2) is 77.7 Å². The molecular weight excluding hydrogens is 557 g/mol. The van der Waals surface area contributed by atoms with Gasteiger partial charge in [0.25, 0.3) is 0 Å². The summed E-state index contributed by atoms with van der Waals surface area (Å²) in [6, 6.07) is 15.7. The van der Waals surface area contributed by atoms with E-state index < -0.39 is 38.6 Å². The highest BCUT2D eigenvalue weighted by atomic mass is 32.2. The third-order valence-electron chi connectivity index (χ3n) is 5.64. The van der Waals surface area contributed by atoms with Gasteiger partial charge in [0, 0.05) is 5.56 Å². The highest BCUT2D eigenvalue weighted by Crippen LogP contribution is 2.37. The van der Waals surface area contributed by atoms with Gasteiger partial charge in [0.1, 0.15) is 11.0 Å². The number of rotatable bonds is 8. The average molecular weight is 577 g/mol. The van der Waals surface area contributed by atoms with Gasteiger partial charge < -0.3 is 9.47 Å². The lowest BCUT2D eigenvalue weighted by atomic mass is 10.1. The Morgan fingerprint density at radius 2 is 1.74 bits per heavy atom. The Hall–Kier alpha value is -4.01. The largest absolute Gasteiger partial charge is 0.454 e.